The van der Waals surface area contributed by atoms with Gasteiger partial charge < -0.3 is 5.32 Å². The van der Waals surface area contributed by atoms with Gasteiger partial charge in [-0.15, -0.1) is 0 Å². The smallest absolute Gasteiger partial charge is 0.280 e. The number of nitrogens with one attached hydrogen (secondary N) is 2. The van der Waals surface area contributed by atoms with Crippen LogP contribution in [0.5, 0.6) is 0 Å². The molecule has 0 unspecified atom stereocenters. The highest BCUT2D eigenvalue weighted by Gasteiger charge is 2.40. The van der Waals surface area contributed by atoms with Gasteiger partial charge in [0.1, 0.15) is 17.7 Å². The molecule has 28 heavy (non-hydrogen) atoms. The first-order valence-corrected chi connectivity index (χ1v) is 10.7. The maximum Gasteiger partial charge on any atom is 0.280 e. The number of amides is 1. The van der Waals surface area contributed by atoms with Crippen LogP contribution < -0.4 is 10.0 Å². The zero-order valence-electron chi connectivity index (χ0n) is 14.4. The molecule has 2 atom stereocenters. The van der Waals surface area contributed by atoms with E-state index in [1.165, 1.54) is 31.3 Å². The summed E-state index contributed by atoms with van der Waals surface area (Å²) in [5.74, 6) is -1.80. The Bertz CT molecular complexity index is 1040. The molecular weight excluding hydrogens is 480 g/mol. The van der Waals surface area contributed by atoms with Crippen molar-refractivity contribution >= 4 is 49.3 Å². The number of carbonyl (C=O) groups excluding carboxylic acids is 1. The number of halogens is 4. The third-order valence-corrected chi connectivity index (χ3v) is 6.93. The largest absolute Gasteiger partial charge is 0.325 e. The molecule has 3 rings (SSSR count). The van der Waals surface area contributed by atoms with Gasteiger partial charge in [-0.3, -0.25) is 4.79 Å². The van der Waals surface area contributed by atoms with Crippen LogP contribution in [0.25, 0.3) is 0 Å². The first-order valence-electron chi connectivity index (χ1n) is 8.04. The van der Waals surface area contributed by atoms with Gasteiger partial charge >= 0.3 is 0 Å². The van der Waals surface area contributed by atoms with Gasteiger partial charge in [-0.1, -0.05) is 17.7 Å². The highest BCUT2D eigenvalue weighted by atomic mass is 79.9. The number of hydrogen-bond donors (Lipinski definition) is 2. The van der Waals surface area contributed by atoms with Crippen LogP contribution in [0, 0.1) is 11.6 Å². The van der Waals surface area contributed by atoms with E-state index in [2.05, 4.69) is 26.0 Å². The molecule has 11 heteroatoms. The first-order chi connectivity index (χ1) is 13.1. The Morgan fingerprint density at radius 1 is 1.25 bits per heavy atom. The molecule has 0 spiro atoms. The van der Waals surface area contributed by atoms with Crippen molar-refractivity contribution in [2.75, 3.05) is 12.4 Å². The molecule has 6 nitrogen and oxygen atoms in total. The summed E-state index contributed by atoms with van der Waals surface area (Å²) < 4.78 is 55.6. The zero-order chi connectivity index (χ0) is 20.6. The molecule has 2 aromatic rings. The summed E-state index contributed by atoms with van der Waals surface area (Å²) >= 11 is 8.75. The predicted molar refractivity (Wildman–Crippen MR) is 105 cm³/mol. The molecule has 0 aromatic heterocycles. The van der Waals surface area contributed by atoms with Gasteiger partial charge in [0.05, 0.1) is 15.5 Å². The second-order valence-electron chi connectivity index (χ2n) is 6.23. The van der Waals surface area contributed by atoms with Crippen LogP contribution in [0.1, 0.15) is 18.0 Å². The summed E-state index contributed by atoms with van der Waals surface area (Å²) in [6.45, 7) is 0. The van der Waals surface area contributed by atoms with Crippen molar-refractivity contribution in [2.24, 2.45) is 0 Å². The molecule has 1 saturated heterocycles. The number of carbonyl (C=O) groups is 1. The highest BCUT2D eigenvalue weighted by Crippen LogP contribution is 2.30. The fourth-order valence-corrected chi connectivity index (χ4v) is 4.56. The predicted octanol–water partition coefficient (Wildman–Crippen LogP) is 3.60. The summed E-state index contributed by atoms with van der Waals surface area (Å²) in [6.07, 6.45) is 0.0670. The van der Waals surface area contributed by atoms with Crippen molar-refractivity contribution in [1.82, 2.24) is 9.03 Å². The molecule has 1 amide bonds. The van der Waals surface area contributed by atoms with E-state index in [0.717, 1.165) is 10.4 Å². The van der Waals surface area contributed by atoms with E-state index in [0.29, 0.717) is 5.56 Å². The van der Waals surface area contributed by atoms with Gasteiger partial charge in [0.2, 0.25) is 5.91 Å². The first kappa shape index (κ1) is 21.1. The summed E-state index contributed by atoms with van der Waals surface area (Å²) in [6, 6.07) is 6.02. The van der Waals surface area contributed by atoms with Crippen molar-refractivity contribution in [1.29, 1.82) is 0 Å². The van der Waals surface area contributed by atoms with Gasteiger partial charge in [0.15, 0.2) is 0 Å². The maximum atomic E-state index is 13.9. The van der Waals surface area contributed by atoms with Gasteiger partial charge in [-0.25, -0.2) is 8.78 Å². The SMILES string of the molecule is CN1[C@H](C(=O)Nc2ccc(F)c(Cl)c2)C[C@H](c2ccc(Br)c(F)c2)NS1(=O)=O. The Balaban J connectivity index is 1.86. The van der Waals surface area contributed by atoms with Gasteiger partial charge in [-0.2, -0.15) is 17.4 Å². The normalized spacial score (nSPS) is 22.0. The standard InChI is InChI=1S/C17H15BrClF2N3O3S/c1-24-16(17(25)22-10-3-5-13(20)12(19)7-10)8-15(23-28(24,26)27)9-2-4-11(18)14(21)6-9/h2-7,15-16,23H,8H2,1H3,(H,22,25)/t15-,16+/m1/s1. The van der Waals surface area contributed by atoms with E-state index >= 15 is 0 Å². The number of benzene rings is 2. The topological polar surface area (TPSA) is 78.5 Å². The van der Waals surface area contributed by atoms with Crippen LogP contribution in [0.4, 0.5) is 14.5 Å². The minimum Gasteiger partial charge on any atom is -0.325 e. The lowest BCUT2D eigenvalue weighted by molar-refractivity contribution is -0.120. The molecule has 150 valence electrons. The highest BCUT2D eigenvalue weighted by molar-refractivity contribution is 9.10. The average molecular weight is 495 g/mol. The monoisotopic (exact) mass is 493 g/mol. The molecule has 2 aromatic carbocycles. The number of hydrogen-bond acceptors (Lipinski definition) is 3. The molecule has 0 saturated carbocycles. The van der Waals surface area contributed by atoms with Gasteiger partial charge in [-0.05, 0) is 58.2 Å². The lowest BCUT2D eigenvalue weighted by atomic mass is 9.99. The summed E-state index contributed by atoms with van der Waals surface area (Å²) in [4.78, 5) is 12.7. The van der Waals surface area contributed by atoms with Crippen LogP contribution in [-0.2, 0) is 15.0 Å². The number of nitrogens with zero attached hydrogens (tertiary/aromatic N) is 1. The minimum atomic E-state index is -3.98. The van der Waals surface area contributed by atoms with E-state index in [1.54, 1.807) is 6.07 Å². The fourth-order valence-electron chi connectivity index (χ4n) is 2.86. The molecule has 1 heterocycles. The van der Waals surface area contributed by atoms with Gasteiger partial charge in [0, 0.05) is 12.7 Å². The lowest BCUT2D eigenvalue weighted by Gasteiger charge is -2.36. The molecule has 0 bridgehead atoms. The second-order valence-corrected chi connectivity index (χ2v) is 9.26. The van der Waals surface area contributed by atoms with Crippen molar-refractivity contribution in [3.05, 3.63) is 63.1 Å². The Kier molecular flexibility index (Phi) is 6.06. The number of likely N-dealkylation sites (N-methyl/N-ethyl adjacent to an activating group) is 1. The van der Waals surface area contributed by atoms with Crippen LogP contribution in [0.15, 0.2) is 40.9 Å². The quantitative estimate of drug-likeness (QED) is 0.684. The van der Waals surface area contributed by atoms with E-state index < -0.39 is 39.8 Å². The molecule has 2 N–H and O–H groups in total. The Labute approximate surface area is 174 Å². The molecule has 0 aliphatic carbocycles. The van der Waals surface area contributed by atoms with Crippen molar-refractivity contribution in [3.8, 4) is 0 Å². The van der Waals surface area contributed by atoms with Crippen LogP contribution in [0.3, 0.4) is 0 Å². The van der Waals surface area contributed by atoms with Crippen molar-refractivity contribution in [2.45, 2.75) is 18.5 Å². The van der Waals surface area contributed by atoms with E-state index in [1.807, 2.05) is 0 Å². The molecule has 1 aliphatic heterocycles. The molecule has 1 aliphatic rings. The molecule has 0 radical (unpaired) electrons. The van der Waals surface area contributed by atoms with Crippen molar-refractivity contribution in [3.63, 3.8) is 0 Å². The number of anilines is 1. The number of rotatable bonds is 3. The molecule has 1 fully saturated rings. The Morgan fingerprint density at radius 2 is 1.96 bits per heavy atom. The van der Waals surface area contributed by atoms with E-state index in [4.69, 9.17) is 11.6 Å². The maximum absolute atomic E-state index is 13.9. The summed E-state index contributed by atoms with van der Waals surface area (Å²) in [7, 11) is -2.71. The van der Waals surface area contributed by atoms with E-state index in [-0.39, 0.29) is 21.6 Å². The fraction of sp³-hybridized carbons (Fsp3) is 0.235. The third kappa shape index (κ3) is 4.36. The summed E-state index contributed by atoms with van der Waals surface area (Å²) in [5.41, 5.74) is 0.618. The average Bonchev–Trinajstić information content (AvgIpc) is 2.62. The second kappa shape index (κ2) is 8.03. The Hall–Kier alpha value is -1.59. The Morgan fingerprint density at radius 3 is 2.61 bits per heavy atom. The van der Waals surface area contributed by atoms with Gasteiger partial charge in [0.25, 0.3) is 10.2 Å². The zero-order valence-corrected chi connectivity index (χ0v) is 17.6. The van der Waals surface area contributed by atoms with Crippen LogP contribution >= 0.6 is 27.5 Å². The summed E-state index contributed by atoms with van der Waals surface area (Å²) in [5, 5.41) is 2.36. The van der Waals surface area contributed by atoms with Crippen LogP contribution in [0.2, 0.25) is 5.02 Å². The lowest BCUT2D eigenvalue weighted by Crippen LogP contribution is -2.55. The third-order valence-electron chi connectivity index (χ3n) is 4.40. The van der Waals surface area contributed by atoms with E-state index in [9.17, 15) is 22.0 Å². The van der Waals surface area contributed by atoms with Crippen molar-refractivity contribution < 1.29 is 22.0 Å². The minimum absolute atomic E-state index is 0.0670. The molecular formula is C17H15BrClF2N3O3S. The van der Waals surface area contributed by atoms with Crippen LogP contribution in [-0.4, -0.2) is 31.7 Å².